The van der Waals surface area contributed by atoms with Crippen LogP contribution < -0.4 is 5.32 Å². The average molecular weight is 233 g/mol. The van der Waals surface area contributed by atoms with Crippen LogP contribution in [0.1, 0.15) is 23.0 Å². The SMILES string of the molecule is CNC(Cc1cc(C)nn1C)c1cnn(C)c1. The second-order valence-electron chi connectivity index (χ2n) is 4.39. The van der Waals surface area contributed by atoms with Crippen LogP contribution in [-0.4, -0.2) is 26.6 Å². The number of nitrogens with zero attached hydrogens (tertiary/aromatic N) is 4. The molecule has 17 heavy (non-hydrogen) atoms. The lowest BCUT2D eigenvalue weighted by Crippen LogP contribution is -2.19. The van der Waals surface area contributed by atoms with Crippen LogP contribution in [0.2, 0.25) is 0 Å². The van der Waals surface area contributed by atoms with Crippen molar-refractivity contribution in [3.63, 3.8) is 0 Å². The van der Waals surface area contributed by atoms with Crippen LogP contribution in [0.5, 0.6) is 0 Å². The lowest BCUT2D eigenvalue weighted by atomic mass is 10.1. The predicted octanol–water partition coefficient (Wildman–Crippen LogP) is 0.965. The van der Waals surface area contributed by atoms with E-state index < -0.39 is 0 Å². The molecule has 1 unspecified atom stereocenters. The molecular weight excluding hydrogens is 214 g/mol. The van der Waals surface area contributed by atoms with Crippen molar-refractivity contribution in [3.05, 3.63) is 35.4 Å². The van der Waals surface area contributed by atoms with Crippen LogP contribution >= 0.6 is 0 Å². The number of hydrogen-bond donors (Lipinski definition) is 1. The molecule has 2 aromatic rings. The number of rotatable bonds is 4. The molecule has 5 nitrogen and oxygen atoms in total. The van der Waals surface area contributed by atoms with E-state index in [1.54, 1.807) is 0 Å². The van der Waals surface area contributed by atoms with Gasteiger partial charge in [0.15, 0.2) is 0 Å². The molecule has 1 N–H and O–H groups in total. The average Bonchev–Trinajstić information content (AvgIpc) is 2.82. The monoisotopic (exact) mass is 233 g/mol. The normalized spacial score (nSPS) is 12.9. The van der Waals surface area contributed by atoms with Crippen molar-refractivity contribution in [1.29, 1.82) is 0 Å². The van der Waals surface area contributed by atoms with Gasteiger partial charge in [0.05, 0.1) is 11.9 Å². The second-order valence-corrected chi connectivity index (χ2v) is 4.39. The van der Waals surface area contributed by atoms with E-state index >= 15 is 0 Å². The topological polar surface area (TPSA) is 47.7 Å². The summed E-state index contributed by atoms with van der Waals surface area (Å²) in [6.45, 7) is 2.02. The van der Waals surface area contributed by atoms with E-state index in [9.17, 15) is 0 Å². The summed E-state index contributed by atoms with van der Waals surface area (Å²) in [7, 11) is 5.89. The number of hydrogen-bond acceptors (Lipinski definition) is 3. The van der Waals surface area contributed by atoms with Crippen molar-refractivity contribution in [2.24, 2.45) is 14.1 Å². The number of likely N-dealkylation sites (N-methyl/N-ethyl adjacent to an activating group) is 1. The van der Waals surface area contributed by atoms with Crippen molar-refractivity contribution in [3.8, 4) is 0 Å². The van der Waals surface area contributed by atoms with Gasteiger partial charge in [0.25, 0.3) is 0 Å². The second kappa shape index (κ2) is 4.71. The minimum absolute atomic E-state index is 0.276. The van der Waals surface area contributed by atoms with Gasteiger partial charge < -0.3 is 5.32 Å². The van der Waals surface area contributed by atoms with Gasteiger partial charge in [-0.3, -0.25) is 9.36 Å². The summed E-state index contributed by atoms with van der Waals surface area (Å²) in [5.74, 6) is 0. The summed E-state index contributed by atoms with van der Waals surface area (Å²) in [5, 5.41) is 11.9. The Hall–Kier alpha value is -1.62. The largest absolute Gasteiger partial charge is 0.313 e. The van der Waals surface area contributed by atoms with Gasteiger partial charge in [-0.1, -0.05) is 0 Å². The van der Waals surface area contributed by atoms with Crippen molar-refractivity contribution >= 4 is 0 Å². The maximum atomic E-state index is 4.37. The highest BCUT2D eigenvalue weighted by Crippen LogP contribution is 2.17. The Morgan fingerprint density at radius 1 is 1.41 bits per heavy atom. The molecule has 0 aliphatic carbocycles. The van der Waals surface area contributed by atoms with Crippen molar-refractivity contribution in [2.45, 2.75) is 19.4 Å². The van der Waals surface area contributed by atoms with Crippen molar-refractivity contribution < 1.29 is 0 Å². The zero-order valence-corrected chi connectivity index (χ0v) is 10.8. The van der Waals surface area contributed by atoms with Gasteiger partial charge in [-0.15, -0.1) is 0 Å². The first-order valence-corrected chi connectivity index (χ1v) is 5.75. The molecule has 0 spiro atoms. The molecule has 0 saturated heterocycles. The van der Waals surface area contributed by atoms with Gasteiger partial charge in [0, 0.05) is 44.0 Å². The molecule has 0 aliphatic rings. The van der Waals surface area contributed by atoms with Gasteiger partial charge >= 0.3 is 0 Å². The molecule has 2 heterocycles. The van der Waals surface area contributed by atoms with Crippen LogP contribution in [0.3, 0.4) is 0 Å². The molecule has 2 aromatic heterocycles. The van der Waals surface area contributed by atoms with Crippen molar-refractivity contribution in [1.82, 2.24) is 24.9 Å². The fourth-order valence-electron chi connectivity index (χ4n) is 2.07. The van der Waals surface area contributed by atoms with Gasteiger partial charge in [0.2, 0.25) is 0 Å². The Labute approximate surface area is 101 Å². The van der Waals surface area contributed by atoms with Gasteiger partial charge in [-0.05, 0) is 20.0 Å². The summed E-state index contributed by atoms with van der Waals surface area (Å²) in [5.41, 5.74) is 3.49. The van der Waals surface area contributed by atoms with E-state index in [1.807, 2.05) is 49.8 Å². The van der Waals surface area contributed by atoms with Crippen LogP contribution in [0.15, 0.2) is 18.5 Å². The molecule has 0 fully saturated rings. The third kappa shape index (κ3) is 2.55. The first-order chi connectivity index (χ1) is 8.10. The lowest BCUT2D eigenvalue weighted by Gasteiger charge is -2.14. The zero-order chi connectivity index (χ0) is 12.4. The molecule has 0 aromatic carbocycles. The van der Waals surface area contributed by atoms with E-state index in [-0.39, 0.29) is 6.04 Å². The number of aryl methyl sites for hydroxylation is 3. The van der Waals surface area contributed by atoms with E-state index in [0.29, 0.717) is 0 Å². The summed E-state index contributed by atoms with van der Waals surface area (Å²) >= 11 is 0. The standard InChI is InChI=1S/C12H19N5/c1-9-5-11(17(4)15-9)6-12(13-2)10-7-14-16(3)8-10/h5,7-8,12-13H,6H2,1-4H3. The molecule has 0 saturated carbocycles. The molecule has 1 atom stereocenters. The molecular formula is C12H19N5. The highest BCUT2D eigenvalue weighted by Gasteiger charge is 2.14. The van der Waals surface area contributed by atoms with Crippen molar-refractivity contribution in [2.75, 3.05) is 7.05 Å². The molecule has 5 heteroatoms. The Morgan fingerprint density at radius 3 is 2.65 bits per heavy atom. The summed E-state index contributed by atoms with van der Waals surface area (Å²) in [4.78, 5) is 0. The van der Waals surface area contributed by atoms with E-state index in [4.69, 9.17) is 0 Å². The molecule has 0 radical (unpaired) electrons. The molecule has 0 amide bonds. The van der Waals surface area contributed by atoms with Crippen LogP contribution in [0, 0.1) is 6.92 Å². The third-order valence-electron chi connectivity index (χ3n) is 2.99. The zero-order valence-electron chi connectivity index (χ0n) is 10.8. The lowest BCUT2D eigenvalue weighted by molar-refractivity contribution is 0.561. The quantitative estimate of drug-likeness (QED) is 0.856. The highest BCUT2D eigenvalue weighted by molar-refractivity contribution is 5.16. The maximum Gasteiger partial charge on any atom is 0.0596 e. The Morgan fingerprint density at radius 2 is 2.18 bits per heavy atom. The summed E-state index contributed by atoms with van der Waals surface area (Å²) < 4.78 is 3.77. The fraction of sp³-hybridized carbons (Fsp3) is 0.500. The van der Waals surface area contributed by atoms with Gasteiger partial charge in [-0.25, -0.2) is 0 Å². The smallest absolute Gasteiger partial charge is 0.0596 e. The molecule has 2 rings (SSSR count). The first-order valence-electron chi connectivity index (χ1n) is 5.75. The Bertz CT molecular complexity index is 497. The molecule has 0 aliphatic heterocycles. The molecule has 0 bridgehead atoms. The summed E-state index contributed by atoms with van der Waals surface area (Å²) in [6, 6.07) is 2.40. The maximum absolute atomic E-state index is 4.37. The number of nitrogens with one attached hydrogen (secondary N) is 1. The minimum Gasteiger partial charge on any atom is -0.313 e. The van der Waals surface area contributed by atoms with Gasteiger partial charge in [-0.2, -0.15) is 10.2 Å². The fourth-order valence-corrected chi connectivity index (χ4v) is 2.07. The van der Waals surface area contributed by atoms with E-state index in [2.05, 4.69) is 21.6 Å². The van der Waals surface area contributed by atoms with Gasteiger partial charge in [0.1, 0.15) is 0 Å². The summed E-state index contributed by atoms with van der Waals surface area (Å²) in [6.07, 6.45) is 4.87. The van der Waals surface area contributed by atoms with Crippen LogP contribution in [0.4, 0.5) is 0 Å². The highest BCUT2D eigenvalue weighted by atomic mass is 15.3. The van der Waals surface area contributed by atoms with E-state index in [0.717, 1.165) is 12.1 Å². The number of aromatic nitrogens is 4. The first kappa shape index (κ1) is 11.9. The van der Waals surface area contributed by atoms with Crippen LogP contribution in [-0.2, 0) is 20.5 Å². The predicted molar refractivity (Wildman–Crippen MR) is 66.7 cm³/mol. The third-order valence-corrected chi connectivity index (χ3v) is 2.99. The minimum atomic E-state index is 0.276. The van der Waals surface area contributed by atoms with Crippen LogP contribution in [0.25, 0.3) is 0 Å². The Balaban J connectivity index is 2.18. The Kier molecular flexibility index (Phi) is 3.28. The van der Waals surface area contributed by atoms with E-state index in [1.165, 1.54) is 11.3 Å². The molecule has 92 valence electrons.